The van der Waals surface area contributed by atoms with E-state index in [2.05, 4.69) is 15.9 Å². The Morgan fingerprint density at radius 1 is 1.55 bits per heavy atom. The number of carbonyl (C=O) groups excluding carboxylic acids is 1. The van der Waals surface area contributed by atoms with E-state index in [1.165, 1.54) is 12.1 Å². The number of hydrogen-bond acceptors (Lipinski definition) is 2. The van der Waals surface area contributed by atoms with Gasteiger partial charge in [-0.25, -0.2) is 4.39 Å². The van der Waals surface area contributed by atoms with Crippen LogP contribution in [0.4, 0.5) is 4.39 Å². The molecule has 0 aliphatic heterocycles. The number of hydrogen-bond donors (Lipinski definition) is 0. The summed E-state index contributed by atoms with van der Waals surface area (Å²) in [5, 5.41) is 0. The van der Waals surface area contributed by atoms with Crippen LogP contribution in [0, 0.1) is 11.7 Å². The molecule has 1 atom stereocenters. The fourth-order valence-electron chi connectivity index (χ4n) is 2.33. The smallest absolute Gasteiger partial charge is 0.257 e. The third-order valence-electron chi connectivity index (χ3n) is 3.75. The molecule has 5 heteroatoms. The van der Waals surface area contributed by atoms with E-state index in [1.807, 2.05) is 6.92 Å². The van der Waals surface area contributed by atoms with E-state index in [9.17, 15) is 9.18 Å². The number of nitrogens with zero attached hydrogens (tertiary/aromatic N) is 1. The maximum Gasteiger partial charge on any atom is 0.257 e. The lowest BCUT2D eigenvalue weighted by Crippen LogP contribution is -2.42. The Kier molecular flexibility index (Phi) is 5.16. The average Bonchev–Trinajstić information content (AvgIpc) is 3.26. The van der Waals surface area contributed by atoms with Crippen molar-refractivity contribution in [3.8, 4) is 0 Å². The summed E-state index contributed by atoms with van der Waals surface area (Å²) in [6.45, 7) is 2.97. The molecule has 110 valence electrons. The second-order valence-corrected chi connectivity index (χ2v) is 6.11. The van der Waals surface area contributed by atoms with Crippen LogP contribution in [-0.2, 0) is 4.74 Å². The van der Waals surface area contributed by atoms with E-state index in [0.29, 0.717) is 23.5 Å². The van der Waals surface area contributed by atoms with Gasteiger partial charge in [-0.05, 0) is 43.9 Å². The molecule has 2 rings (SSSR count). The molecule has 3 nitrogen and oxygen atoms in total. The molecule has 0 heterocycles. The lowest BCUT2D eigenvalue weighted by molar-refractivity contribution is 0.0590. The highest BCUT2D eigenvalue weighted by molar-refractivity contribution is 9.10. The molecule has 0 N–H and O–H groups in total. The number of halogens is 2. The molecule has 0 spiro atoms. The summed E-state index contributed by atoms with van der Waals surface area (Å²) in [5.74, 6) is -0.213. The Morgan fingerprint density at radius 3 is 2.85 bits per heavy atom. The second kappa shape index (κ2) is 6.68. The number of rotatable bonds is 6. The zero-order valence-corrected chi connectivity index (χ0v) is 13.3. The lowest BCUT2D eigenvalue weighted by atomic mass is 10.1. The molecule has 1 saturated carbocycles. The predicted octanol–water partition coefficient (Wildman–Crippen LogP) is 3.48. The standard InChI is InChI=1S/C15H19BrFNO2/c1-10(11-3-4-11)18(7-8-20-2)15(19)13-9-12(16)5-6-14(13)17/h5-6,9-11H,3-4,7-8H2,1-2H3. The van der Waals surface area contributed by atoms with Gasteiger partial charge in [0.25, 0.3) is 5.91 Å². The van der Waals surface area contributed by atoms with Crippen molar-refractivity contribution in [2.45, 2.75) is 25.8 Å². The first-order valence-corrected chi connectivity index (χ1v) is 7.59. The molecule has 20 heavy (non-hydrogen) atoms. The first kappa shape index (κ1) is 15.4. The Bertz CT molecular complexity index is 491. The van der Waals surface area contributed by atoms with Crippen LogP contribution in [0.15, 0.2) is 22.7 Å². The van der Waals surface area contributed by atoms with Crippen molar-refractivity contribution >= 4 is 21.8 Å². The summed E-state index contributed by atoms with van der Waals surface area (Å²) >= 11 is 3.28. The molecule has 1 aromatic rings. The van der Waals surface area contributed by atoms with Gasteiger partial charge < -0.3 is 9.64 Å². The van der Waals surface area contributed by atoms with Gasteiger partial charge in [0.05, 0.1) is 12.2 Å². The van der Waals surface area contributed by atoms with Crippen molar-refractivity contribution in [1.82, 2.24) is 4.90 Å². The molecule has 1 amide bonds. The predicted molar refractivity (Wildman–Crippen MR) is 79.2 cm³/mol. The van der Waals surface area contributed by atoms with Crippen molar-refractivity contribution in [1.29, 1.82) is 0 Å². The van der Waals surface area contributed by atoms with Crippen LogP contribution in [0.5, 0.6) is 0 Å². The average molecular weight is 344 g/mol. The van der Waals surface area contributed by atoms with Crippen molar-refractivity contribution in [3.63, 3.8) is 0 Å². The van der Waals surface area contributed by atoms with E-state index >= 15 is 0 Å². The quantitative estimate of drug-likeness (QED) is 0.791. The van der Waals surface area contributed by atoms with Gasteiger partial charge in [-0.15, -0.1) is 0 Å². The molecular formula is C15H19BrFNO2. The third kappa shape index (κ3) is 3.58. The molecule has 1 aliphatic rings. The summed E-state index contributed by atoms with van der Waals surface area (Å²) < 4.78 is 19.7. The van der Waals surface area contributed by atoms with E-state index in [1.54, 1.807) is 18.1 Å². The minimum atomic E-state index is -0.483. The number of benzene rings is 1. The zero-order chi connectivity index (χ0) is 14.7. The van der Waals surface area contributed by atoms with Gasteiger partial charge in [0.1, 0.15) is 5.82 Å². The van der Waals surface area contributed by atoms with Gasteiger partial charge in [-0.1, -0.05) is 15.9 Å². The highest BCUT2D eigenvalue weighted by Crippen LogP contribution is 2.35. The van der Waals surface area contributed by atoms with Crippen molar-refractivity contribution in [2.75, 3.05) is 20.3 Å². The number of methoxy groups -OCH3 is 1. The minimum absolute atomic E-state index is 0.114. The molecular weight excluding hydrogens is 325 g/mol. The summed E-state index contributed by atoms with van der Waals surface area (Å²) in [5.41, 5.74) is 0.114. The van der Waals surface area contributed by atoms with Crippen LogP contribution in [0.1, 0.15) is 30.1 Å². The van der Waals surface area contributed by atoms with Gasteiger partial charge in [0.15, 0.2) is 0 Å². The Balaban J connectivity index is 2.22. The molecule has 1 fully saturated rings. The van der Waals surface area contributed by atoms with Crippen LogP contribution < -0.4 is 0 Å². The van der Waals surface area contributed by atoms with E-state index < -0.39 is 5.82 Å². The van der Waals surface area contributed by atoms with Gasteiger partial charge >= 0.3 is 0 Å². The van der Waals surface area contributed by atoms with Gasteiger partial charge in [-0.3, -0.25) is 4.79 Å². The second-order valence-electron chi connectivity index (χ2n) is 5.19. The maximum atomic E-state index is 13.9. The molecule has 1 aliphatic carbocycles. The van der Waals surface area contributed by atoms with Crippen molar-refractivity contribution in [2.24, 2.45) is 5.92 Å². The van der Waals surface area contributed by atoms with Gasteiger partial charge in [0, 0.05) is 24.2 Å². The van der Waals surface area contributed by atoms with Crippen LogP contribution in [-0.4, -0.2) is 37.1 Å². The van der Waals surface area contributed by atoms with Crippen LogP contribution in [0.25, 0.3) is 0 Å². The summed E-state index contributed by atoms with van der Waals surface area (Å²) in [4.78, 5) is 14.3. The van der Waals surface area contributed by atoms with Gasteiger partial charge in [-0.2, -0.15) is 0 Å². The highest BCUT2D eigenvalue weighted by Gasteiger charge is 2.35. The number of amides is 1. The van der Waals surface area contributed by atoms with Crippen LogP contribution in [0.2, 0.25) is 0 Å². The Morgan fingerprint density at radius 2 is 2.25 bits per heavy atom. The molecule has 0 aromatic heterocycles. The van der Waals surface area contributed by atoms with E-state index in [-0.39, 0.29) is 17.5 Å². The molecule has 1 aromatic carbocycles. The normalized spacial score (nSPS) is 16.0. The summed E-state index contributed by atoms with van der Waals surface area (Å²) in [6, 6.07) is 4.57. The SMILES string of the molecule is COCCN(C(=O)c1cc(Br)ccc1F)C(C)C1CC1. The minimum Gasteiger partial charge on any atom is -0.383 e. The summed E-state index contributed by atoms with van der Waals surface area (Å²) in [7, 11) is 1.60. The number of carbonyl (C=O) groups is 1. The highest BCUT2D eigenvalue weighted by atomic mass is 79.9. The monoisotopic (exact) mass is 343 g/mol. The van der Waals surface area contributed by atoms with Crippen molar-refractivity contribution < 1.29 is 13.9 Å². The molecule has 0 saturated heterocycles. The van der Waals surface area contributed by atoms with Gasteiger partial charge in [0.2, 0.25) is 0 Å². The first-order chi connectivity index (χ1) is 9.54. The first-order valence-electron chi connectivity index (χ1n) is 6.79. The third-order valence-corrected chi connectivity index (χ3v) is 4.25. The van der Waals surface area contributed by atoms with Crippen LogP contribution >= 0.6 is 15.9 Å². The molecule has 0 radical (unpaired) electrons. The zero-order valence-electron chi connectivity index (χ0n) is 11.7. The van der Waals surface area contributed by atoms with E-state index in [4.69, 9.17) is 4.74 Å². The fraction of sp³-hybridized carbons (Fsp3) is 0.533. The summed E-state index contributed by atoms with van der Waals surface area (Å²) in [6.07, 6.45) is 2.28. The van der Waals surface area contributed by atoms with E-state index in [0.717, 1.165) is 12.8 Å². The van der Waals surface area contributed by atoms with Crippen LogP contribution in [0.3, 0.4) is 0 Å². The van der Waals surface area contributed by atoms with Crippen molar-refractivity contribution in [3.05, 3.63) is 34.1 Å². The maximum absolute atomic E-state index is 13.9. The topological polar surface area (TPSA) is 29.5 Å². The largest absolute Gasteiger partial charge is 0.383 e. The molecule has 0 bridgehead atoms. The Labute approximate surface area is 127 Å². The number of ether oxygens (including phenoxy) is 1. The molecule has 1 unspecified atom stereocenters. The fourth-order valence-corrected chi connectivity index (χ4v) is 2.69. The Hall–Kier alpha value is -0.940. The lowest BCUT2D eigenvalue weighted by Gasteiger charge is -2.29.